The molecule has 5 nitrogen and oxygen atoms in total. The molecule has 35 heavy (non-hydrogen) atoms. The van der Waals surface area contributed by atoms with Crippen molar-refractivity contribution in [3.63, 3.8) is 0 Å². The Kier molecular flexibility index (Phi) is 10.6. The third kappa shape index (κ3) is 8.71. The van der Waals surface area contributed by atoms with E-state index in [1.54, 1.807) is 29.2 Å². The molecule has 0 bridgehead atoms. The average Bonchev–Trinajstić information content (AvgIpc) is 2.87. The van der Waals surface area contributed by atoms with E-state index in [9.17, 15) is 9.59 Å². The third-order valence-corrected chi connectivity index (χ3v) is 6.29. The van der Waals surface area contributed by atoms with Crippen LogP contribution in [-0.4, -0.2) is 35.9 Å². The van der Waals surface area contributed by atoms with Crippen molar-refractivity contribution in [3.05, 3.63) is 99.5 Å². The topological polar surface area (TPSA) is 58.6 Å². The fourth-order valence-electron chi connectivity index (χ4n) is 3.72. The Morgan fingerprint density at radius 1 is 0.971 bits per heavy atom. The average molecular weight is 558 g/mol. The Hall–Kier alpha value is -2.83. The minimum Gasteiger partial charge on any atom is -0.494 e. The summed E-state index contributed by atoms with van der Waals surface area (Å²) in [4.78, 5) is 28.3. The monoisotopic (exact) mass is 556 g/mol. The van der Waals surface area contributed by atoms with Crippen LogP contribution < -0.4 is 10.1 Å². The van der Waals surface area contributed by atoms with Crippen molar-refractivity contribution < 1.29 is 14.3 Å². The van der Waals surface area contributed by atoms with E-state index in [0.717, 1.165) is 15.6 Å². The fourth-order valence-corrected chi connectivity index (χ4v) is 4.11. The molecule has 3 aromatic rings. The second kappa shape index (κ2) is 13.9. The Labute approximate surface area is 220 Å². The first-order chi connectivity index (χ1) is 17.0. The molecule has 1 N–H and O–H groups in total. The molecule has 0 saturated carbocycles. The van der Waals surface area contributed by atoms with E-state index >= 15 is 0 Å². The molecule has 0 radical (unpaired) electrons. The lowest BCUT2D eigenvalue weighted by molar-refractivity contribution is -0.141. The summed E-state index contributed by atoms with van der Waals surface area (Å²) in [6, 6.07) is 24.1. The molecule has 1 atom stereocenters. The third-order valence-electron chi connectivity index (χ3n) is 5.51. The Morgan fingerprint density at radius 3 is 2.31 bits per heavy atom. The predicted molar refractivity (Wildman–Crippen MR) is 143 cm³/mol. The van der Waals surface area contributed by atoms with Crippen molar-refractivity contribution in [3.8, 4) is 5.75 Å². The van der Waals surface area contributed by atoms with Gasteiger partial charge in [-0.05, 0) is 60.9 Å². The van der Waals surface area contributed by atoms with E-state index in [4.69, 9.17) is 16.3 Å². The van der Waals surface area contributed by atoms with E-state index in [1.165, 1.54) is 0 Å². The molecule has 0 aliphatic heterocycles. The van der Waals surface area contributed by atoms with Crippen LogP contribution in [0.2, 0.25) is 5.02 Å². The lowest BCUT2D eigenvalue weighted by atomic mass is 10.0. The van der Waals surface area contributed by atoms with Gasteiger partial charge < -0.3 is 15.0 Å². The van der Waals surface area contributed by atoms with Gasteiger partial charge in [0.25, 0.3) is 0 Å². The van der Waals surface area contributed by atoms with E-state index in [0.29, 0.717) is 43.3 Å². The van der Waals surface area contributed by atoms with Crippen LogP contribution in [-0.2, 0) is 22.6 Å². The van der Waals surface area contributed by atoms with Crippen LogP contribution in [0.4, 0.5) is 0 Å². The molecule has 0 spiro atoms. The predicted octanol–water partition coefficient (Wildman–Crippen LogP) is 6.04. The zero-order valence-electron chi connectivity index (χ0n) is 19.8. The number of ether oxygens (including phenoxy) is 1. The summed E-state index contributed by atoms with van der Waals surface area (Å²) in [5.41, 5.74) is 1.96. The normalized spacial score (nSPS) is 11.5. The van der Waals surface area contributed by atoms with Crippen molar-refractivity contribution in [1.29, 1.82) is 0 Å². The van der Waals surface area contributed by atoms with Gasteiger partial charge in [0.2, 0.25) is 11.8 Å². The van der Waals surface area contributed by atoms with Gasteiger partial charge in [0.05, 0.1) is 6.61 Å². The largest absolute Gasteiger partial charge is 0.494 e. The number of amides is 2. The quantitative estimate of drug-likeness (QED) is 0.276. The number of hydrogen-bond donors (Lipinski definition) is 1. The highest BCUT2D eigenvalue weighted by Gasteiger charge is 2.29. The SMILES string of the molecule is CCNC(=O)[C@@H](Cc1ccccc1)N(Cc1ccc(Br)cc1)C(=O)CCCOc1ccc(Cl)cc1. The standard InChI is InChI=1S/C28H30BrClN2O3/c1-2-31-28(34)26(19-21-7-4-3-5-8-21)32(20-22-10-12-23(29)13-11-22)27(33)9-6-18-35-25-16-14-24(30)15-17-25/h3-5,7-8,10-17,26H,2,6,9,18-20H2,1H3,(H,31,34)/t26-/m1/s1. The van der Waals surface area contributed by atoms with Crippen LogP contribution in [0.1, 0.15) is 30.9 Å². The van der Waals surface area contributed by atoms with Crippen molar-refractivity contribution in [2.24, 2.45) is 0 Å². The second-order valence-corrected chi connectivity index (χ2v) is 9.51. The fraction of sp³-hybridized carbons (Fsp3) is 0.286. The van der Waals surface area contributed by atoms with Crippen LogP contribution in [0, 0.1) is 0 Å². The molecule has 0 saturated heterocycles. The van der Waals surface area contributed by atoms with E-state index in [1.807, 2.05) is 61.5 Å². The van der Waals surface area contributed by atoms with Crippen LogP contribution >= 0.6 is 27.5 Å². The Morgan fingerprint density at radius 2 is 1.66 bits per heavy atom. The number of halogens is 2. The lowest BCUT2D eigenvalue weighted by Gasteiger charge is -2.31. The molecule has 3 rings (SSSR count). The maximum Gasteiger partial charge on any atom is 0.243 e. The summed E-state index contributed by atoms with van der Waals surface area (Å²) < 4.78 is 6.71. The molecular weight excluding hydrogens is 528 g/mol. The van der Waals surface area contributed by atoms with E-state index < -0.39 is 6.04 Å². The van der Waals surface area contributed by atoms with Crippen LogP contribution in [0.15, 0.2) is 83.3 Å². The molecule has 3 aromatic carbocycles. The van der Waals surface area contributed by atoms with Crippen LogP contribution in [0.5, 0.6) is 5.75 Å². The number of likely N-dealkylation sites (N-methyl/N-ethyl adjacent to an activating group) is 1. The molecule has 0 unspecified atom stereocenters. The zero-order chi connectivity index (χ0) is 25.0. The van der Waals surface area contributed by atoms with Gasteiger partial charge in [-0.2, -0.15) is 0 Å². The first-order valence-corrected chi connectivity index (χ1v) is 12.9. The number of nitrogens with one attached hydrogen (secondary N) is 1. The first kappa shape index (κ1) is 26.8. The van der Waals surface area contributed by atoms with Gasteiger partial charge in [0.1, 0.15) is 11.8 Å². The molecular formula is C28H30BrClN2O3. The van der Waals surface area contributed by atoms with Crippen LogP contribution in [0.25, 0.3) is 0 Å². The first-order valence-electron chi connectivity index (χ1n) is 11.7. The summed E-state index contributed by atoms with van der Waals surface area (Å²) in [5.74, 6) is 0.469. The maximum absolute atomic E-state index is 13.5. The molecule has 0 aliphatic rings. The summed E-state index contributed by atoms with van der Waals surface area (Å²) in [7, 11) is 0. The molecule has 0 heterocycles. The van der Waals surface area contributed by atoms with Crippen molar-refractivity contribution in [1.82, 2.24) is 10.2 Å². The van der Waals surface area contributed by atoms with Gasteiger partial charge in [0, 0.05) is 35.4 Å². The maximum atomic E-state index is 13.5. The number of rotatable bonds is 12. The van der Waals surface area contributed by atoms with Crippen molar-refractivity contribution in [2.75, 3.05) is 13.2 Å². The molecule has 184 valence electrons. The van der Waals surface area contributed by atoms with Gasteiger partial charge in [0.15, 0.2) is 0 Å². The second-order valence-electron chi connectivity index (χ2n) is 8.15. The lowest BCUT2D eigenvalue weighted by Crippen LogP contribution is -2.50. The smallest absolute Gasteiger partial charge is 0.243 e. The Bertz CT molecular complexity index is 1080. The highest BCUT2D eigenvalue weighted by Crippen LogP contribution is 2.19. The number of carbonyl (C=O) groups excluding carboxylic acids is 2. The molecule has 7 heteroatoms. The molecule has 0 aromatic heterocycles. The zero-order valence-corrected chi connectivity index (χ0v) is 22.1. The van der Waals surface area contributed by atoms with Gasteiger partial charge in [-0.25, -0.2) is 0 Å². The highest BCUT2D eigenvalue weighted by atomic mass is 79.9. The van der Waals surface area contributed by atoms with Crippen LogP contribution in [0.3, 0.4) is 0 Å². The summed E-state index contributed by atoms with van der Waals surface area (Å²) in [6.07, 6.45) is 1.25. The van der Waals surface area contributed by atoms with Gasteiger partial charge in [-0.3, -0.25) is 9.59 Å². The summed E-state index contributed by atoms with van der Waals surface area (Å²) in [5, 5.41) is 3.56. The van der Waals surface area contributed by atoms with Crippen molar-refractivity contribution in [2.45, 2.75) is 38.8 Å². The van der Waals surface area contributed by atoms with E-state index in [2.05, 4.69) is 21.2 Å². The van der Waals surface area contributed by atoms with Gasteiger partial charge in [-0.15, -0.1) is 0 Å². The minimum absolute atomic E-state index is 0.0835. The summed E-state index contributed by atoms with van der Waals surface area (Å²) in [6.45, 7) is 3.12. The number of benzene rings is 3. The van der Waals surface area contributed by atoms with Gasteiger partial charge in [-0.1, -0.05) is 70.0 Å². The van der Waals surface area contributed by atoms with Crippen molar-refractivity contribution >= 4 is 39.3 Å². The number of nitrogens with zero attached hydrogens (tertiary/aromatic N) is 1. The van der Waals surface area contributed by atoms with E-state index in [-0.39, 0.29) is 18.2 Å². The number of hydrogen-bond acceptors (Lipinski definition) is 3. The van der Waals surface area contributed by atoms with Gasteiger partial charge >= 0.3 is 0 Å². The highest BCUT2D eigenvalue weighted by molar-refractivity contribution is 9.10. The number of carbonyl (C=O) groups is 2. The molecule has 0 fully saturated rings. The molecule has 0 aliphatic carbocycles. The molecule has 2 amide bonds. The minimum atomic E-state index is -0.620. The summed E-state index contributed by atoms with van der Waals surface area (Å²) >= 11 is 9.38. The Balaban J connectivity index is 1.75.